The van der Waals surface area contributed by atoms with Crippen molar-refractivity contribution in [1.29, 1.82) is 0 Å². The molecule has 4 nitrogen and oxygen atoms in total. The minimum atomic E-state index is -4.43. The lowest BCUT2D eigenvalue weighted by Crippen LogP contribution is -2.32. The fraction of sp³-hybridized carbons (Fsp3) is 0.294. The SMILES string of the molecule is Cc1ccc(CN2CCN(c3ccc(C(F)(F)F)cn3)C2=O)cc1. The van der Waals surface area contributed by atoms with Gasteiger partial charge in [-0.15, -0.1) is 0 Å². The van der Waals surface area contributed by atoms with E-state index in [1.165, 1.54) is 11.0 Å². The molecule has 0 aliphatic carbocycles. The molecule has 1 aliphatic heterocycles. The van der Waals surface area contributed by atoms with Crippen LogP contribution in [0.25, 0.3) is 0 Å². The molecule has 2 amide bonds. The number of benzene rings is 1. The molecule has 0 N–H and O–H groups in total. The van der Waals surface area contributed by atoms with Crippen molar-refractivity contribution in [3.63, 3.8) is 0 Å². The Bertz CT molecular complexity index is 726. The summed E-state index contributed by atoms with van der Waals surface area (Å²) in [5, 5.41) is 0. The standard InChI is InChI=1S/C17H16F3N3O/c1-12-2-4-13(5-3-12)11-22-8-9-23(16(22)24)15-7-6-14(10-21-15)17(18,19)20/h2-7,10H,8-9,11H2,1H3. The third-order valence-corrected chi connectivity index (χ3v) is 3.94. The molecule has 1 aliphatic rings. The third kappa shape index (κ3) is 3.34. The van der Waals surface area contributed by atoms with Crippen LogP contribution in [0.5, 0.6) is 0 Å². The topological polar surface area (TPSA) is 36.4 Å². The van der Waals surface area contributed by atoms with E-state index in [1.807, 2.05) is 31.2 Å². The summed E-state index contributed by atoms with van der Waals surface area (Å²) in [5.41, 5.74) is 1.33. The largest absolute Gasteiger partial charge is 0.417 e. The number of alkyl halides is 3. The molecule has 24 heavy (non-hydrogen) atoms. The molecule has 0 unspecified atom stereocenters. The number of rotatable bonds is 3. The maximum atomic E-state index is 12.6. The van der Waals surface area contributed by atoms with Crippen molar-refractivity contribution < 1.29 is 18.0 Å². The van der Waals surface area contributed by atoms with Gasteiger partial charge in [0.25, 0.3) is 0 Å². The van der Waals surface area contributed by atoms with Gasteiger partial charge in [-0.1, -0.05) is 29.8 Å². The maximum Gasteiger partial charge on any atom is 0.417 e. The first kappa shape index (κ1) is 16.3. The Kier molecular flexibility index (Phi) is 4.17. The maximum absolute atomic E-state index is 12.6. The molecule has 0 saturated carbocycles. The minimum absolute atomic E-state index is 0.236. The highest BCUT2D eigenvalue weighted by molar-refractivity contribution is 5.93. The van der Waals surface area contributed by atoms with Crippen molar-refractivity contribution in [1.82, 2.24) is 9.88 Å². The van der Waals surface area contributed by atoms with Crippen molar-refractivity contribution in [3.8, 4) is 0 Å². The molecule has 2 aromatic rings. The number of nitrogens with zero attached hydrogens (tertiary/aromatic N) is 3. The number of aromatic nitrogens is 1. The number of carbonyl (C=O) groups is 1. The minimum Gasteiger partial charge on any atom is -0.318 e. The highest BCUT2D eigenvalue weighted by atomic mass is 19.4. The van der Waals surface area contributed by atoms with Crippen LogP contribution in [0.15, 0.2) is 42.6 Å². The first-order chi connectivity index (χ1) is 11.3. The molecule has 7 heteroatoms. The summed E-state index contributed by atoms with van der Waals surface area (Å²) in [7, 11) is 0. The molecule has 0 radical (unpaired) electrons. The molecule has 0 spiro atoms. The lowest BCUT2D eigenvalue weighted by Gasteiger charge is -2.18. The van der Waals surface area contributed by atoms with Gasteiger partial charge in [-0.2, -0.15) is 13.2 Å². The number of hydrogen-bond acceptors (Lipinski definition) is 2. The van der Waals surface area contributed by atoms with E-state index >= 15 is 0 Å². The number of aryl methyl sites for hydroxylation is 1. The Morgan fingerprint density at radius 1 is 1.08 bits per heavy atom. The van der Waals surface area contributed by atoms with E-state index in [-0.39, 0.29) is 11.8 Å². The quantitative estimate of drug-likeness (QED) is 0.854. The smallest absolute Gasteiger partial charge is 0.318 e. The molecule has 0 atom stereocenters. The number of hydrogen-bond donors (Lipinski definition) is 0. The van der Waals surface area contributed by atoms with Gasteiger partial charge in [-0.3, -0.25) is 4.90 Å². The van der Waals surface area contributed by atoms with Crippen molar-refractivity contribution in [3.05, 3.63) is 59.3 Å². The van der Waals surface area contributed by atoms with Gasteiger partial charge < -0.3 is 4.90 Å². The summed E-state index contributed by atoms with van der Waals surface area (Å²) in [6.07, 6.45) is -3.68. The summed E-state index contributed by atoms with van der Waals surface area (Å²) >= 11 is 0. The fourth-order valence-electron chi connectivity index (χ4n) is 2.57. The van der Waals surface area contributed by atoms with Gasteiger partial charge in [0.1, 0.15) is 5.82 Å². The Hall–Kier alpha value is -2.57. The highest BCUT2D eigenvalue weighted by Gasteiger charge is 2.33. The Morgan fingerprint density at radius 2 is 1.79 bits per heavy atom. The van der Waals surface area contributed by atoms with Gasteiger partial charge in [-0.25, -0.2) is 9.78 Å². The zero-order valence-electron chi connectivity index (χ0n) is 13.0. The third-order valence-electron chi connectivity index (χ3n) is 3.94. The van der Waals surface area contributed by atoms with E-state index in [9.17, 15) is 18.0 Å². The second-order valence-electron chi connectivity index (χ2n) is 5.74. The van der Waals surface area contributed by atoms with Crippen LogP contribution >= 0.6 is 0 Å². The molecular formula is C17H16F3N3O. The van der Waals surface area contributed by atoms with Crippen LogP contribution in [0.3, 0.4) is 0 Å². The van der Waals surface area contributed by atoms with Gasteiger partial charge in [0, 0.05) is 25.8 Å². The average Bonchev–Trinajstić information content (AvgIpc) is 2.90. The average molecular weight is 335 g/mol. The predicted molar refractivity (Wildman–Crippen MR) is 83.6 cm³/mol. The van der Waals surface area contributed by atoms with E-state index in [2.05, 4.69) is 4.98 Å². The summed E-state index contributed by atoms with van der Waals surface area (Å²) < 4.78 is 37.7. The first-order valence-electron chi connectivity index (χ1n) is 7.50. The van der Waals surface area contributed by atoms with Crippen LogP contribution in [0, 0.1) is 6.92 Å². The number of urea groups is 1. The molecule has 1 aromatic carbocycles. The van der Waals surface area contributed by atoms with Gasteiger partial charge >= 0.3 is 12.2 Å². The zero-order chi connectivity index (χ0) is 17.3. The second kappa shape index (κ2) is 6.14. The second-order valence-corrected chi connectivity index (χ2v) is 5.74. The van der Waals surface area contributed by atoms with Crippen LogP contribution in [-0.4, -0.2) is 29.0 Å². The normalized spacial score (nSPS) is 15.2. The monoisotopic (exact) mass is 335 g/mol. The molecule has 1 aromatic heterocycles. The Labute approximate surface area is 137 Å². The lowest BCUT2D eigenvalue weighted by atomic mass is 10.1. The molecular weight excluding hydrogens is 319 g/mol. The van der Waals surface area contributed by atoms with E-state index in [0.29, 0.717) is 19.6 Å². The van der Waals surface area contributed by atoms with Crippen molar-refractivity contribution in [2.24, 2.45) is 0 Å². The van der Waals surface area contributed by atoms with Crippen molar-refractivity contribution in [2.75, 3.05) is 18.0 Å². The van der Waals surface area contributed by atoms with E-state index in [1.54, 1.807) is 4.90 Å². The highest BCUT2D eigenvalue weighted by Crippen LogP contribution is 2.30. The van der Waals surface area contributed by atoms with Crippen LogP contribution in [0.2, 0.25) is 0 Å². The van der Waals surface area contributed by atoms with Crippen LogP contribution in [-0.2, 0) is 12.7 Å². The first-order valence-corrected chi connectivity index (χ1v) is 7.50. The summed E-state index contributed by atoms with van der Waals surface area (Å²) in [5.74, 6) is 0.236. The van der Waals surface area contributed by atoms with Gasteiger partial charge in [-0.05, 0) is 24.6 Å². The summed E-state index contributed by atoms with van der Waals surface area (Å²) in [6.45, 7) is 3.37. The predicted octanol–water partition coefficient (Wildman–Crippen LogP) is 3.85. The molecule has 2 heterocycles. The Balaban J connectivity index is 1.70. The van der Waals surface area contributed by atoms with Gasteiger partial charge in [0.2, 0.25) is 0 Å². The van der Waals surface area contributed by atoms with E-state index in [4.69, 9.17) is 0 Å². The van der Waals surface area contributed by atoms with Crippen LogP contribution < -0.4 is 4.90 Å². The van der Waals surface area contributed by atoms with Crippen molar-refractivity contribution in [2.45, 2.75) is 19.6 Å². The van der Waals surface area contributed by atoms with Gasteiger partial charge in [0.15, 0.2) is 0 Å². The fourth-order valence-corrected chi connectivity index (χ4v) is 2.57. The lowest BCUT2D eigenvalue weighted by molar-refractivity contribution is -0.137. The number of carbonyl (C=O) groups excluding carboxylic acids is 1. The molecule has 126 valence electrons. The number of halogens is 3. The zero-order valence-corrected chi connectivity index (χ0v) is 13.0. The molecule has 0 bridgehead atoms. The van der Waals surface area contributed by atoms with E-state index in [0.717, 1.165) is 23.4 Å². The summed E-state index contributed by atoms with van der Waals surface area (Å²) in [4.78, 5) is 19.3. The molecule has 1 fully saturated rings. The number of amides is 2. The van der Waals surface area contributed by atoms with Gasteiger partial charge in [0.05, 0.1) is 5.56 Å². The van der Waals surface area contributed by atoms with E-state index < -0.39 is 11.7 Å². The van der Waals surface area contributed by atoms with Crippen molar-refractivity contribution >= 4 is 11.8 Å². The Morgan fingerprint density at radius 3 is 2.38 bits per heavy atom. The summed E-state index contributed by atoms with van der Waals surface area (Å²) in [6, 6.07) is 9.80. The number of anilines is 1. The van der Waals surface area contributed by atoms with Crippen LogP contribution in [0.4, 0.5) is 23.8 Å². The van der Waals surface area contributed by atoms with Crippen LogP contribution in [0.1, 0.15) is 16.7 Å². The molecule has 3 rings (SSSR count). The molecule has 1 saturated heterocycles. The number of pyridine rings is 1.